The molecule has 0 atom stereocenters. The van der Waals surface area contributed by atoms with Gasteiger partial charge in [0.15, 0.2) is 11.3 Å². The second kappa shape index (κ2) is 9.07. The third-order valence-electron chi connectivity index (χ3n) is 5.29. The summed E-state index contributed by atoms with van der Waals surface area (Å²) in [5.74, 6) is -0.317. The minimum absolute atomic E-state index is 0.201. The van der Waals surface area contributed by atoms with Gasteiger partial charge in [0, 0.05) is 10.8 Å². The fraction of sp³-hybridized carbons (Fsp3) is 0.0741. The van der Waals surface area contributed by atoms with E-state index in [1.54, 1.807) is 18.2 Å². The number of benzene rings is 3. The van der Waals surface area contributed by atoms with E-state index in [4.69, 9.17) is 19.0 Å². The third kappa shape index (κ3) is 4.45. The van der Waals surface area contributed by atoms with Gasteiger partial charge in [-0.05, 0) is 42.0 Å². The van der Waals surface area contributed by atoms with Crippen LogP contribution in [0.5, 0.6) is 11.5 Å². The number of nitrogens with zero attached hydrogens (tertiary/aromatic N) is 1. The Labute approximate surface area is 193 Å². The Morgan fingerprint density at radius 3 is 2.56 bits per heavy atom. The van der Waals surface area contributed by atoms with Crippen LogP contribution in [0.3, 0.4) is 0 Å². The average Bonchev–Trinajstić information content (AvgIpc) is 2.86. The van der Waals surface area contributed by atoms with Crippen LogP contribution in [0.1, 0.15) is 21.6 Å². The predicted octanol–water partition coefficient (Wildman–Crippen LogP) is 5.20. The van der Waals surface area contributed by atoms with E-state index in [-0.39, 0.29) is 12.2 Å². The third-order valence-corrected chi connectivity index (χ3v) is 5.29. The van der Waals surface area contributed by atoms with Crippen LogP contribution in [0.15, 0.2) is 94.1 Å². The fourth-order valence-corrected chi connectivity index (χ4v) is 3.61. The van der Waals surface area contributed by atoms with Gasteiger partial charge in [-0.2, -0.15) is 0 Å². The predicted molar refractivity (Wildman–Crippen MR) is 126 cm³/mol. The van der Waals surface area contributed by atoms with E-state index < -0.39 is 17.2 Å². The number of carboxylic acid groups (broad SMARTS) is 1. The van der Waals surface area contributed by atoms with Crippen LogP contribution in [-0.4, -0.2) is 16.1 Å². The van der Waals surface area contributed by atoms with Gasteiger partial charge < -0.3 is 19.0 Å². The number of aromatic carboxylic acids is 1. The van der Waals surface area contributed by atoms with Gasteiger partial charge >= 0.3 is 11.6 Å². The molecule has 1 N–H and O–H groups in total. The van der Waals surface area contributed by atoms with Gasteiger partial charge in [-0.15, -0.1) is 0 Å². The summed E-state index contributed by atoms with van der Waals surface area (Å²) >= 11 is 0. The zero-order valence-corrected chi connectivity index (χ0v) is 17.9. The van der Waals surface area contributed by atoms with Crippen molar-refractivity contribution in [3.05, 3.63) is 112 Å². The lowest BCUT2D eigenvalue weighted by molar-refractivity contribution is 0.0692. The molecule has 0 saturated carbocycles. The molecule has 0 spiro atoms. The maximum atomic E-state index is 12.0. The van der Waals surface area contributed by atoms with Crippen LogP contribution in [0.4, 0.5) is 0 Å². The Morgan fingerprint density at radius 1 is 0.853 bits per heavy atom. The number of fused-ring (bicyclic) bond motifs is 2. The second-order valence-electron chi connectivity index (χ2n) is 7.65. The van der Waals surface area contributed by atoms with Crippen LogP contribution in [0.25, 0.3) is 21.9 Å². The zero-order valence-electron chi connectivity index (χ0n) is 17.9. The van der Waals surface area contributed by atoms with Crippen molar-refractivity contribution in [1.82, 2.24) is 4.98 Å². The molecular weight excluding hydrogens is 434 g/mol. The Bertz CT molecular complexity index is 1570. The smallest absolute Gasteiger partial charge is 0.351 e. The highest BCUT2D eigenvalue weighted by molar-refractivity contribution is 5.92. The molecule has 3 aromatic carbocycles. The quantitative estimate of drug-likeness (QED) is 0.338. The van der Waals surface area contributed by atoms with Gasteiger partial charge in [0.25, 0.3) is 0 Å². The number of para-hydroxylation sites is 2. The molecule has 0 radical (unpaired) electrons. The molecule has 0 aliphatic heterocycles. The largest absolute Gasteiger partial charge is 0.487 e. The lowest BCUT2D eigenvalue weighted by Gasteiger charge is -2.11. The van der Waals surface area contributed by atoms with Crippen LogP contribution < -0.4 is 15.1 Å². The summed E-state index contributed by atoms with van der Waals surface area (Å²) in [6, 6.07) is 25.7. The molecule has 0 saturated heterocycles. The molecule has 5 aromatic rings. The Kier molecular flexibility index (Phi) is 5.66. The van der Waals surface area contributed by atoms with Crippen LogP contribution in [0, 0.1) is 0 Å². The number of hydrogen-bond acceptors (Lipinski definition) is 6. The summed E-state index contributed by atoms with van der Waals surface area (Å²) in [6.45, 7) is 0.532. The molecular formula is C27H19NO6. The summed E-state index contributed by atoms with van der Waals surface area (Å²) in [5.41, 5.74) is 1.46. The highest BCUT2D eigenvalue weighted by atomic mass is 16.5. The number of aromatic nitrogens is 1. The standard InChI is InChI=1S/C27H19NO6/c29-26(30)22-14-19-7-4-10-24(25(19)34-27(22)31)33-15-17-5-3-8-21(13-17)32-16-20-12-11-18-6-1-2-9-23(18)28-20/h1-14H,15-16H2,(H,29,30). The first-order chi connectivity index (χ1) is 16.6. The first-order valence-electron chi connectivity index (χ1n) is 10.6. The topological polar surface area (TPSA) is 98.9 Å². The number of carbonyl (C=O) groups is 1. The highest BCUT2D eigenvalue weighted by Crippen LogP contribution is 2.26. The number of hydrogen-bond donors (Lipinski definition) is 1. The molecule has 7 nitrogen and oxygen atoms in total. The van der Waals surface area contributed by atoms with E-state index in [1.807, 2.05) is 60.7 Å². The first-order valence-corrected chi connectivity index (χ1v) is 10.6. The minimum Gasteiger partial charge on any atom is -0.487 e. The highest BCUT2D eigenvalue weighted by Gasteiger charge is 2.14. The average molecular weight is 453 g/mol. The normalized spacial score (nSPS) is 10.9. The zero-order chi connectivity index (χ0) is 23.5. The summed E-state index contributed by atoms with van der Waals surface area (Å²) in [5, 5.41) is 10.7. The fourth-order valence-electron chi connectivity index (χ4n) is 3.61. The van der Waals surface area contributed by atoms with Gasteiger partial charge in [0.05, 0.1) is 11.2 Å². The number of ether oxygens (including phenoxy) is 2. The molecule has 7 heteroatoms. The SMILES string of the molecule is O=C(O)c1cc2cccc(OCc3cccc(OCc4ccc5ccccc5n4)c3)c2oc1=O. The molecule has 5 rings (SSSR count). The molecule has 0 amide bonds. The lowest BCUT2D eigenvalue weighted by Crippen LogP contribution is -2.13. The lowest BCUT2D eigenvalue weighted by atomic mass is 10.1. The number of pyridine rings is 1. The summed E-state index contributed by atoms with van der Waals surface area (Å²) in [6.07, 6.45) is 0. The molecule has 0 fully saturated rings. The van der Waals surface area contributed by atoms with Crippen molar-refractivity contribution in [2.75, 3.05) is 0 Å². The van der Waals surface area contributed by atoms with Crippen molar-refractivity contribution < 1.29 is 23.8 Å². The van der Waals surface area contributed by atoms with E-state index in [9.17, 15) is 9.59 Å². The van der Waals surface area contributed by atoms with E-state index in [0.717, 1.165) is 22.2 Å². The van der Waals surface area contributed by atoms with Crippen molar-refractivity contribution in [2.45, 2.75) is 13.2 Å². The molecule has 0 unspecified atom stereocenters. The maximum Gasteiger partial charge on any atom is 0.351 e. The monoisotopic (exact) mass is 453 g/mol. The van der Waals surface area contributed by atoms with Gasteiger partial charge in [0.2, 0.25) is 0 Å². The van der Waals surface area contributed by atoms with Crippen molar-refractivity contribution in [3.8, 4) is 11.5 Å². The Hall–Kier alpha value is -4.65. The molecule has 0 aliphatic carbocycles. The van der Waals surface area contributed by atoms with Crippen molar-refractivity contribution in [1.29, 1.82) is 0 Å². The molecule has 168 valence electrons. The molecule has 2 aromatic heterocycles. The maximum absolute atomic E-state index is 12.0. The van der Waals surface area contributed by atoms with E-state index in [0.29, 0.717) is 23.5 Å². The van der Waals surface area contributed by atoms with Crippen LogP contribution in [-0.2, 0) is 13.2 Å². The summed E-state index contributed by atoms with van der Waals surface area (Å²) in [4.78, 5) is 27.8. The Morgan fingerprint density at radius 2 is 1.68 bits per heavy atom. The van der Waals surface area contributed by atoms with Crippen LogP contribution in [0.2, 0.25) is 0 Å². The molecule has 0 bridgehead atoms. The van der Waals surface area contributed by atoms with Gasteiger partial charge in [-0.25, -0.2) is 14.6 Å². The minimum atomic E-state index is -1.34. The summed E-state index contributed by atoms with van der Waals surface area (Å²) < 4.78 is 17.0. The first kappa shape index (κ1) is 21.2. The van der Waals surface area contributed by atoms with Crippen molar-refractivity contribution >= 4 is 27.8 Å². The van der Waals surface area contributed by atoms with Crippen molar-refractivity contribution in [2.24, 2.45) is 0 Å². The van der Waals surface area contributed by atoms with Crippen LogP contribution >= 0.6 is 0 Å². The summed E-state index contributed by atoms with van der Waals surface area (Å²) in [7, 11) is 0. The molecule has 0 aliphatic rings. The van der Waals surface area contributed by atoms with Gasteiger partial charge in [-0.3, -0.25) is 0 Å². The van der Waals surface area contributed by atoms with E-state index in [2.05, 4.69) is 4.98 Å². The number of carboxylic acids is 1. The molecule has 34 heavy (non-hydrogen) atoms. The molecule has 2 heterocycles. The van der Waals surface area contributed by atoms with E-state index >= 15 is 0 Å². The van der Waals surface area contributed by atoms with Gasteiger partial charge in [0.1, 0.15) is 24.5 Å². The second-order valence-corrected chi connectivity index (χ2v) is 7.65. The van der Waals surface area contributed by atoms with Gasteiger partial charge in [-0.1, -0.05) is 48.5 Å². The van der Waals surface area contributed by atoms with Crippen molar-refractivity contribution in [3.63, 3.8) is 0 Å². The Balaban J connectivity index is 1.29. The number of rotatable bonds is 7. The van der Waals surface area contributed by atoms with E-state index in [1.165, 1.54) is 6.07 Å².